The number of hydrogen-bond donors (Lipinski definition) is 1. The summed E-state index contributed by atoms with van der Waals surface area (Å²) in [6, 6.07) is 12.4. The first kappa shape index (κ1) is 10.9. The predicted octanol–water partition coefficient (Wildman–Crippen LogP) is 1.58. The van der Waals surface area contributed by atoms with Crippen molar-refractivity contribution in [3.63, 3.8) is 0 Å². The van der Waals surface area contributed by atoms with Gasteiger partial charge in [0, 0.05) is 17.3 Å². The van der Waals surface area contributed by atoms with Gasteiger partial charge in [-0.05, 0) is 42.3 Å². The lowest BCUT2D eigenvalue weighted by atomic mass is 10.1. The van der Waals surface area contributed by atoms with E-state index >= 15 is 0 Å². The van der Waals surface area contributed by atoms with Crippen LogP contribution in [0.15, 0.2) is 48.7 Å². The summed E-state index contributed by atoms with van der Waals surface area (Å²) in [6.07, 6.45) is 1.69. The van der Waals surface area contributed by atoms with Crippen molar-refractivity contribution in [2.45, 2.75) is 0 Å². The van der Waals surface area contributed by atoms with Crippen LogP contribution in [0, 0.1) is 11.8 Å². The maximum Gasteiger partial charge on any atom is 0.248 e. The van der Waals surface area contributed by atoms with Crippen LogP contribution in [0.25, 0.3) is 0 Å². The van der Waals surface area contributed by atoms with Crippen LogP contribution in [-0.2, 0) is 0 Å². The minimum atomic E-state index is -0.436. The molecule has 1 aromatic carbocycles. The van der Waals surface area contributed by atoms with E-state index in [1.165, 1.54) is 0 Å². The molecule has 0 spiro atoms. The summed E-state index contributed by atoms with van der Waals surface area (Å²) in [6.45, 7) is 0. The quantitative estimate of drug-likeness (QED) is 0.745. The van der Waals surface area contributed by atoms with Gasteiger partial charge in [0.2, 0.25) is 5.91 Å². The Morgan fingerprint density at radius 1 is 1.06 bits per heavy atom. The number of pyridine rings is 1. The van der Waals surface area contributed by atoms with Crippen molar-refractivity contribution in [1.29, 1.82) is 0 Å². The molecule has 0 radical (unpaired) electrons. The van der Waals surface area contributed by atoms with Crippen LogP contribution in [0.4, 0.5) is 0 Å². The third-order valence-corrected chi connectivity index (χ3v) is 2.17. The fourth-order valence-electron chi connectivity index (χ4n) is 1.29. The molecule has 0 atom stereocenters. The average Bonchev–Trinajstić information content (AvgIpc) is 2.38. The van der Waals surface area contributed by atoms with E-state index in [0.29, 0.717) is 11.3 Å². The lowest BCUT2D eigenvalue weighted by Gasteiger charge is -1.94. The van der Waals surface area contributed by atoms with E-state index in [1.807, 2.05) is 18.2 Å². The molecule has 0 fully saturated rings. The molecule has 3 nitrogen and oxygen atoms in total. The minimum Gasteiger partial charge on any atom is -0.366 e. The van der Waals surface area contributed by atoms with E-state index in [0.717, 1.165) is 5.56 Å². The van der Waals surface area contributed by atoms with Crippen LogP contribution in [0.1, 0.15) is 21.6 Å². The Bertz CT molecular complexity index is 577. The highest BCUT2D eigenvalue weighted by molar-refractivity contribution is 5.92. The molecule has 0 aliphatic carbocycles. The van der Waals surface area contributed by atoms with Crippen LogP contribution in [0.2, 0.25) is 0 Å². The summed E-state index contributed by atoms with van der Waals surface area (Å²) >= 11 is 0. The van der Waals surface area contributed by atoms with E-state index in [1.54, 1.807) is 30.5 Å². The van der Waals surface area contributed by atoms with Gasteiger partial charge in [0.1, 0.15) is 5.69 Å². The van der Waals surface area contributed by atoms with E-state index in [9.17, 15) is 4.79 Å². The zero-order valence-corrected chi connectivity index (χ0v) is 9.05. The second kappa shape index (κ2) is 4.95. The molecule has 0 saturated heterocycles. The van der Waals surface area contributed by atoms with Gasteiger partial charge < -0.3 is 5.73 Å². The highest BCUT2D eigenvalue weighted by atomic mass is 16.1. The normalized spacial score (nSPS) is 9.18. The molecule has 0 bridgehead atoms. The molecule has 0 aliphatic rings. The predicted molar refractivity (Wildman–Crippen MR) is 65.2 cm³/mol. The average molecular weight is 222 g/mol. The summed E-state index contributed by atoms with van der Waals surface area (Å²) in [4.78, 5) is 15.0. The fraction of sp³-hybridized carbons (Fsp3) is 0. The molecule has 0 unspecified atom stereocenters. The highest BCUT2D eigenvalue weighted by Gasteiger charge is 1.97. The van der Waals surface area contributed by atoms with Gasteiger partial charge in [-0.3, -0.25) is 4.79 Å². The maximum absolute atomic E-state index is 10.9. The largest absolute Gasteiger partial charge is 0.366 e. The van der Waals surface area contributed by atoms with Crippen LogP contribution in [0.3, 0.4) is 0 Å². The van der Waals surface area contributed by atoms with Gasteiger partial charge in [-0.15, -0.1) is 0 Å². The summed E-state index contributed by atoms with van der Waals surface area (Å²) in [7, 11) is 0. The molecule has 2 N–H and O–H groups in total. The van der Waals surface area contributed by atoms with Crippen LogP contribution >= 0.6 is 0 Å². The van der Waals surface area contributed by atoms with Crippen molar-refractivity contribution in [3.8, 4) is 11.8 Å². The standard InChI is InChI=1S/C14H10N2O/c15-14(17)12-7-4-11(5-8-12)6-9-13-3-1-2-10-16-13/h1-5,7-8,10H,(H2,15,17). The molecule has 2 aromatic rings. The number of hydrogen-bond acceptors (Lipinski definition) is 2. The Balaban J connectivity index is 2.20. The number of carbonyl (C=O) groups excluding carboxylic acids is 1. The van der Waals surface area contributed by atoms with Gasteiger partial charge in [0.15, 0.2) is 0 Å². The Kier molecular flexibility index (Phi) is 3.18. The molecule has 0 aliphatic heterocycles. The zero-order valence-electron chi connectivity index (χ0n) is 9.05. The molecule has 1 amide bonds. The van der Waals surface area contributed by atoms with Gasteiger partial charge in [0.05, 0.1) is 0 Å². The van der Waals surface area contributed by atoms with Gasteiger partial charge in [0.25, 0.3) is 0 Å². The highest BCUT2D eigenvalue weighted by Crippen LogP contribution is 2.02. The Morgan fingerprint density at radius 3 is 2.41 bits per heavy atom. The molecule has 17 heavy (non-hydrogen) atoms. The fourth-order valence-corrected chi connectivity index (χ4v) is 1.29. The van der Waals surface area contributed by atoms with Crippen LogP contribution < -0.4 is 5.73 Å². The second-order valence-electron chi connectivity index (χ2n) is 3.41. The van der Waals surface area contributed by atoms with Gasteiger partial charge >= 0.3 is 0 Å². The zero-order chi connectivity index (χ0) is 12.1. The van der Waals surface area contributed by atoms with E-state index < -0.39 is 5.91 Å². The Hall–Kier alpha value is -2.60. The number of rotatable bonds is 1. The van der Waals surface area contributed by atoms with E-state index in [4.69, 9.17) is 5.73 Å². The SMILES string of the molecule is NC(=O)c1ccc(C#Cc2ccccn2)cc1. The van der Waals surface area contributed by atoms with Crippen molar-refractivity contribution in [2.24, 2.45) is 5.73 Å². The number of primary amides is 1. The lowest BCUT2D eigenvalue weighted by molar-refractivity contribution is 0.100. The first-order chi connectivity index (χ1) is 8.25. The monoisotopic (exact) mass is 222 g/mol. The van der Waals surface area contributed by atoms with Gasteiger partial charge in [-0.25, -0.2) is 4.98 Å². The molecular weight excluding hydrogens is 212 g/mol. The topological polar surface area (TPSA) is 56.0 Å². The summed E-state index contributed by atoms with van der Waals surface area (Å²) in [5.41, 5.74) is 7.16. The van der Waals surface area contributed by atoms with Gasteiger partial charge in [-0.1, -0.05) is 12.0 Å². The molecule has 1 heterocycles. The van der Waals surface area contributed by atoms with Crippen molar-refractivity contribution in [2.75, 3.05) is 0 Å². The molecule has 82 valence electrons. The third kappa shape index (κ3) is 2.93. The summed E-state index contributed by atoms with van der Waals surface area (Å²) in [5.74, 6) is 5.46. The van der Waals surface area contributed by atoms with E-state index in [2.05, 4.69) is 16.8 Å². The number of nitrogens with two attached hydrogens (primary N) is 1. The second-order valence-corrected chi connectivity index (χ2v) is 3.41. The summed E-state index contributed by atoms with van der Waals surface area (Å²) < 4.78 is 0. The number of carbonyl (C=O) groups is 1. The van der Waals surface area contributed by atoms with Crippen molar-refractivity contribution in [3.05, 3.63) is 65.5 Å². The molecule has 3 heteroatoms. The molecule has 2 rings (SSSR count). The summed E-state index contributed by atoms with van der Waals surface area (Å²) in [5, 5.41) is 0. The first-order valence-corrected chi connectivity index (χ1v) is 5.08. The van der Waals surface area contributed by atoms with Gasteiger partial charge in [-0.2, -0.15) is 0 Å². The number of aromatic nitrogens is 1. The first-order valence-electron chi connectivity index (χ1n) is 5.08. The minimum absolute atomic E-state index is 0.436. The maximum atomic E-state index is 10.9. The third-order valence-electron chi connectivity index (χ3n) is 2.17. The number of nitrogens with zero attached hydrogens (tertiary/aromatic N) is 1. The number of benzene rings is 1. The Labute approximate surface area is 99.3 Å². The van der Waals surface area contributed by atoms with Crippen LogP contribution in [-0.4, -0.2) is 10.9 Å². The van der Waals surface area contributed by atoms with Crippen molar-refractivity contribution in [1.82, 2.24) is 4.98 Å². The van der Waals surface area contributed by atoms with Crippen LogP contribution in [0.5, 0.6) is 0 Å². The molecule has 1 aromatic heterocycles. The molecule has 0 saturated carbocycles. The lowest BCUT2D eigenvalue weighted by Crippen LogP contribution is -2.10. The van der Waals surface area contributed by atoms with Crippen molar-refractivity contribution < 1.29 is 4.79 Å². The van der Waals surface area contributed by atoms with Crippen molar-refractivity contribution >= 4 is 5.91 Å². The smallest absolute Gasteiger partial charge is 0.248 e. The molecular formula is C14H10N2O. The Morgan fingerprint density at radius 2 is 1.82 bits per heavy atom. The number of amides is 1. The van der Waals surface area contributed by atoms with E-state index in [-0.39, 0.29) is 0 Å².